The first-order chi connectivity index (χ1) is 5.40. The van der Waals surface area contributed by atoms with Gasteiger partial charge in [-0.25, -0.2) is 0 Å². The Labute approximate surface area is 69.1 Å². The lowest BCUT2D eigenvalue weighted by molar-refractivity contribution is -0.0263. The molecule has 0 radical (unpaired) electrons. The third-order valence-corrected chi connectivity index (χ3v) is 3.40. The third-order valence-electron chi connectivity index (χ3n) is 3.40. The van der Waals surface area contributed by atoms with Gasteiger partial charge in [0.05, 0.1) is 6.10 Å². The molecular weight excluding hydrogens is 136 g/mol. The highest BCUT2D eigenvalue weighted by Crippen LogP contribution is 2.45. The zero-order chi connectivity index (χ0) is 7.68. The van der Waals surface area contributed by atoms with Gasteiger partial charge in [0.15, 0.2) is 0 Å². The van der Waals surface area contributed by atoms with Crippen molar-refractivity contribution in [2.45, 2.75) is 45.1 Å². The lowest BCUT2D eigenvalue weighted by Crippen LogP contribution is -2.36. The maximum Gasteiger partial charge on any atom is 0.0577 e. The minimum Gasteiger partial charge on any atom is -0.378 e. The van der Waals surface area contributed by atoms with Crippen LogP contribution >= 0.6 is 0 Å². The van der Waals surface area contributed by atoms with Gasteiger partial charge in [-0.2, -0.15) is 0 Å². The minimum absolute atomic E-state index is 0.613. The quantitative estimate of drug-likeness (QED) is 0.594. The normalized spacial score (nSPS) is 42.8. The molecule has 2 aliphatic rings. The van der Waals surface area contributed by atoms with Gasteiger partial charge in [-0.3, -0.25) is 0 Å². The van der Waals surface area contributed by atoms with Crippen LogP contribution in [-0.4, -0.2) is 12.7 Å². The molecule has 0 aromatic rings. The Bertz CT molecular complexity index is 133. The molecule has 2 rings (SSSR count). The largest absolute Gasteiger partial charge is 0.378 e. The number of rotatable bonds is 2. The molecule has 0 saturated heterocycles. The van der Waals surface area contributed by atoms with Crippen molar-refractivity contribution in [1.29, 1.82) is 0 Å². The molecule has 0 heterocycles. The molecule has 11 heavy (non-hydrogen) atoms. The standard InChI is InChI=1S/C10H18O/c1-2-11-10-6-5-8-3-4-9(8)7-10/h8-10H,2-7H2,1H3. The smallest absolute Gasteiger partial charge is 0.0577 e. The van der Waals surface area contributed by atoms with Crippen LogP contribution in [0.2, 0.25) is 0 Å². The van der Waals surface area contributed by atoms with Gasteiger partial charge in [-0.15, -0.1) is 0 Å². The Balaban J connectivity index is 1.79. The van der Waals surface area contributed by atoms with E-state index in [1.165, 1.54) is 32.1 Å². The van der Waals surface area contributed by atoms with Gasteiger partial charge in [0, 0.05) is 6.61 Å². The Morgan fingerprint density at radius 3 is 2.36 bits per heavy atom. The molecule has 2 saturated carbocycles. The van der Waals surface area contributed by atoms with E-state index in [1.807, 2.05) is 0 Å². The lowest BCUT2D eigenvalue weighted by Gasteiger charge is -2.43. The van der Waals surface area contributed by atoms with Crippen molar-refractivity contribution in [2.24, 2.45) is 11.8 Å². The van der Waals surface area contributed by atoms with Crippen LogP contribution in [0, 0.1) is 11.8 Å². The molecule has 0 spiro atoms. The summed E-state index contributed by atoms with van der Waals surface area (Å²) in [4.78, 5) is 0. The van der Waals surface area contributed by atoms with Crippen molar-refractivity contribution in [1.82, 2.24) is 0 Å². The summed E-state index contributed by atoms with van der Waals surface area (Å²) < 4.78 is 5.64. The van der Waals surface area contributed by atoms with Crippen LogP contribution in [-0.2, 0) is 4.74 Å². The van der Waals surface area contributed by atoms with E-state index < -0.39 is 0 Å². The summed E-state index contributed by atoms with van der Waals surface area (Å²) in [7, 11) is 0. The summed E-state index contributed by atoms with van der Waals surface area (Å²) >= 11 is 0. The van der Waals surface area contributed by atoms with Gasteiger partial charge >= 0.3 is 0 Å². The molecule has 0 aromatic heterocycles. The molecule has 3 atom stereocenters. The third kappa shape index (κ3) is 1.44. The van der Waals surface area contributed by atoms with Crippen LogP contribution in [0.15, 0.2) is 0 Å². The van der Waals surface area contributed by atoms with Crippen LogP contribution in [0.3, 0.4) is 0 Å². The molecule has 3 unspecified atom stereocenters. The molecule has 1 nitrogen and oxygen atoms in total. The average Bonchev–Trinajstić information content (AvgIpc) is 1.96. The summed E-state index contributed by atoms with van der Waals surface area (Å²) in [5.41, 5.74) is 0. The molecule has 0 N–H and O–H groups in total. The lowest BCUT2D eigenvalue weighted by atomic mass is 9.65. The Kier molecular flexibility index (Phi) is 2.17. The predicted molar refractivity (Wildman–Crippen MR) is 45.5 cm³/mol. The minimum atomic E-state index is 0.613. The van der Waals surface area contributed by atoms with E-state index in [9.17, 15) is 0 Å². The van der Waals surface area contributed by atoms with Gasteiger partial charge in [0.25, 0.3) is 0 Å². The summed E-state index contributed by atoms with van der Waals surface area (Å²) in [5.74, 6) is 2.13. The summed E-state index contributed by atoms with van der Waals surface area (Å²) in [5, 5.41) is 0. The van der Waals surface area contributed by atoms with Gasteiger partial charge in [-0.05, 0) is 50.9 Å². The van der Waals surface area contributed by atoms with Gasteiger partial charge in [0.1, 0.15) is 0 Å². The second kappa shape index (κ2) is 3.14. The van der Waals surface area contributed by atoms with E-state index in [1.54, 1.807) is 0 Å². The average molecular weight is 154 g/mol. The zero-order valence-corrected chi connectivity index (χ0v) is 7.38. The molecule has 2 fully saturated rings. The Morgan fingerprint density at radius 1 is 1.09 bits per heavy atom. The first kappa shape index (κ1) is 7.60. The summed E-state index contributed by atoms with van der Waals surface area (Å²) in [6.45, 7) is 3.01. The molecular formula is C10H18O. The Hall–Kier alpha value is -0.0400. The first-order valence-electron chi connectivity index (χ1n) is 5.01. The molecule has 64 valence electrons. The monoisotopic (exact) mass is 154 g/mol. The highest BCUT2D eigenvalue weighted by atomic mass is 16.5. The first-order valence-corrected chi connectivity index (χ1v) is 5.01. The van der Waals surface area contributed by atoms with Crippen LogP contribution in [0.4, 0.5) is 0 Å². The van der Waals surface area contributed by atoms with E-state index in [-0.39, 0.29) is 0 Å². The van der Waals surface area contributed by atoms with Crippen molar-refractivity contribution in [3.05, 3.63) is 0 Å². The zero-order valence-electron chi connectivity index (χ0n) is 7.38. The predicted octanol–water partition coefficient (Wildman–Crippen LogP) is 2.60. The van der Waals surface area contributed by atoms with E-state index in [4.69, 9.17) is 4.74 Å². The van der Waals surface area contributed by atoms with Gasteiger partial charge in [-0.1, -0.05) is 0 Å². The van der Waals surface area contributed by atoms with Gasteiger partial charge in [0.2, 0.25) is 0 Å². The Morgan fingerprint density at radius 2 is 1.82 bits per heavy atom. The van der Waals surface area contributed by atoms with E-state index in [0.717, 1.165) is 18.4 Å². The van der Waals surface area contributed by atoms with Crippen molar-refractivity contribution in [3.8, 4) is 0 Å². The highest BCUT2D eigenvalue weighted by molar-refractivity contribution is 4.87. The fraction of sp³-hybridized carbons (Fsp3) is 1.00. The van der Waals surface area contributed by atoms with E-state index >= 15 is 0 Å². The van der Waals surface area contributed by atoms with Crippen molar-refractivity contribution in [3.63, 3.8) is 0 Å². The topological polar surface area (TPSA) is 9.23 Å². The molecule has 0 amide bonds. The second-order valence-electron chi connectivity index (χ2n) is 3.99. The molecule has 2 aliphatic carbocycles. The molecule has 0 bridgehead atoms. The van der Waals surface area contributed by atoms with E-state index in [2.05, 4.69) is 6.92 Å². The highest BCUT2D eigenvalue weighted by Gasteiger charge is 2.36. The van der Waals surface area contributed by atoms with Crippen LogP contribution in [0.5, 0.6) is 0 Å². The SMILES string of the molecule is CCOC1CCC2CCC2C1. The summed E-state index contributed by atoms with van der Waals surface area (Å²) in [6, 6.07) is 0. The number of hydrogen-bond acceptors (Lipinski definition) is 1. The van der Waals surface area contributed by atoms with Gasteiger partial charge < -0.3 is 4.74 Å². The second-order valence-corrected chi connectivity index (χ2v) is 3.99. The molecule has 0 aromatic carbocycles. The molecule has 0 aliphatic heterocycles. The maximum atomic E-state index is 5.64. The number of hydrogen-bond donors (Lipinski definition) is 0. The molecule has 1 heteroatoms. The fourth-order valence-electron chi connectivity index (χ4n) is 2.57. The van der Waals surface area contributed by atoms with Crippen LogP contribution in [0.1, 0.15) is 39.0 Å². The van der Waals surface area contributed by atoms with Crippen molar-refractivity contribution in [2.75, 3.05) is 6.61 Å². The number of fused-ring (bicyclic) bond motifs is 1. The van der Waals surface area contributed by atoms with Crippen molar-refractivity contribution < 1.29 is 4.74 Å². The van der Waals surface area contributed by atoms with Crippen LogP contribution in [0.25, 0.3) is 0 Å². The maximum absolute atomic E-state index is 5.64. The van der Waals surface area contributed by atoms with Crippen molar-refractivity contribution >= 4 is 0 Å². The van der Waals surface area contributed by atoms with Crippen LogP contribution < -0.4 is 0 Å². The number of ether oxygens (including phenoxy) is 1. The summed E-state index contributed by atoms with van der Waals surface area (Å²) in [6.07, 6.45) is 7.72. The fourth-order valence-corrected chi connectivity index (χ4v) is 2.57. The van der Waals surface area contributed by atoms with E-state index in [0.29, 0.717) is 6.10 Å².